The Kier molecular flexibility index (Phi) is 12.8. The molecule has 0 aliphatic carbocycles. The van der Waals surface area contributed by atoms with Gasteiger partial charge in [0.1, 0.15) is 36.0 Å². The molecule has 0 saturated carbocycles. The van der Waals surface area contributed by atoms with E-state index in [2.05, 4.69) is 14.8 Å². The molecule has 0 aromatic heterocycles. The molecule has 6 atom stereocenters. The highest BCUT2D eigenvalue weighted by atomic mass is 32.2. The van der Waals surface area contributed by atoms with Gasteiger partial charge >= 0.3 is 0 Å². The van der Waals surface area contributed by atoms with E-state index in [0.717, 1.165) is 24.0 Å². The lowest BCUT2D eigenvalue weighted by atomic mass is 9.94. The molecule has 43 heavy (non-hydrogen) atoms. The third-order valence-electron chi connectivity index (χ3n) is 7.14. The highest BCUT2D eigenvalue weighted by molar-refractivity contribution is 7.89. The van der Waals surface area contributed by atoms with Crippen molar-refractivity contribution in [1.29, 1.82) is 0 Å². The molecular formula is C32H42FN5O4S. The van der Waals surface area contributed by atoms with Gasteiger partial charge in [0.25, 0.3) is 0 Å². The molecule has 0 spiro atoms. The molecule has 232 valence electrons. The van der Waals surface area contributed by atoms with Gasteiger partial charge in [-0.3, -0.25) is 5.01 Å². The molecule has 2 aliphatic heterocycles. The third kappa shape index (κ3) is 9.21. The van der Waals surface area contributed by atoms with Crippen molar-refractivity contribution in [3.63, 3.8) is 0 Å². The zero-order valence-corrected chi connectivity index (χ0v) is 25.8. The number of hydrogen-bond acceptors (Lipinski definition) is 9. The minimum atomic E-state index is -1.80. The number of nitrogens with one attached hydrogen (secondary N) is 1. The number of allylic oxidation sites excluding steroid dienone is 2. The van der Waals surface area contributed by atoms with Crippen LogP contribution in [0.4, 0.5) is 4.39 Å². The van der Waals surface area contributed by atoms with E-state index in [1.165, 1.54) is 6.34 Å². The Hall–Kier alpha value is -3.06. The highest BCUT2D eigenvalue weighted by Crippen LogP contribution is 2.28. The summed E-state index contributed by atoms with van der Waals surface area (Å²) in [6.45, 7) is 2.21. The number of amidine groups is 1. The number of nitrogens with zero attached hydrogens (tertiary/aromatic N) is 4. The lowest BCUT2D eigenvalue weighted by molar-refractivity contribution is -0.117. The maximum absolute atomic E-state index is 17.0. The van der Waals surface area contributed by atoms with Crippen molar-refractivity contribution in [2.24, 2.45) is 10.1 Å². The summed E-state index contributed by atoms with van der Waals surface area (Å²) in [5.74, 6) is 1.03. The molecule has 2 N–H and O–H groups in total. The van der Waals surface area contributed by atoms with Gasteiger partial charge in [0.15, 0.2) is 12.0 Å². The first kappa shape index (κ1) is 32.8. The molecule has 4 rings (SSSR count). The van der Waals surface area contributed by atoms with E-state index < -0.39 is 41.8 Å². The van der Waals surface area contributed by atoms with Crippen LogP contribution in [0.25, 0.3) is 0 Å². The monoisotopic (exact) mass is 611 g/mol. The molecule has 2 aromatic carbocycles. The van der Waals surface area contributed by atoms with E-state index >= 15 is 4.39 Å². The van der Waals surface area contributed by atoms with Gasteiger partial charge in [-0.1, -0.05) is 86.2 Å². The van der Waals surface area contributed by atoms with E-state index in [9.17, 15) is 9.66 Å². The van der Waals surface area contributed by atoms with Crippen LogP contribution in [0.1, 0.15) is 30.9 Å². The van der Waals surface area contributed by atoms with Gasteiger partial charge in [-0.05, 0) is 23.6 Å². The van der Waals surface area contributed by atoms with Crippen molar-refractivity contribution in [1.82, 2.24) is 14.6 Å². The number of fused-ring (bicyclic) bond motifs is 1. The molecule has 1 unspecified atom stereocenters. The second-order valence-corrected chi connectivity index (χ2v) is 12.0. The van der Waals surface area contributed by atoms with Gasteiger partial charge in [0.2, 0.25) is 0 Å². The van der Waals surface area contributed by atoms with Crippen molar-refractivity contribution in [2.45, 2.75) is 63.4 Å². The molecule has 0 amide bonds. The van der Waals surface area contributed by atoms with Crippen LogP contribution < -0.4 is 4.72 Å². The van der Waals surface area contributed by atoms with Gasteiger partial charge in [0, 0.05) is 25.5 Å². The van der Waals surface area contributed by atoms with Gasteiger partial charge in [-0.2, -0.15) is 5.10 Å². The zero-order valence-electron chi connectivity index (χ0n) is 25.0. The number of benzene rings is 2. The molecule has 9 nitrogen and oxygen atoms in total. The number of alkyl halides is 1. The number of hydrogen-bond donors (Lipinski definition) is 2. The van der Waals surface area contributed by atoms with Crippen LogP contribution in [0.15, 0.2) is 94.7 Å². The summed E-state index contributed by atoms with van der Waals surface area (Å²) in [7, 11) is 3.74. The normalized spacial score (nSPS) is 19.6. The summed E-state index contributed by atoms with van der Waals surface area (Å²) in [6.07, 6.45) is 4.10. The minimum absolute atomic E-state index is 0.0816. The van der Waals surface area contributed by atoms with Gasteiger partial charge < -0.3 is 24.0 Å². The summed E-state index contributed by atoms with van der Waals surface area (Å²) in [5, 5.41) is 17.5. The van der Waals surface area contributed by atoms with E-state index in [1.54, 1.807) is 5.01 Å². The summed E-state index contributed by atoms with van der Waals surface area (Å²) in [6, 6.07) is 17.2. The number of halogens is 1. The van der Waals surface area contributed by atoms with E-state index in [4.69, 9.17) is 9.47 Å². The van der Waals surface area contributed by atoms with Crippen LogP contribution >= 0.6 is 0 Å². The summed E-state index contributed by atoms with van der Waals surface area (Å²) < 4.78 is 45.1. The molecule has 0 fully saturated rings. The average Bonchev–Trinajstić information content (AvgIpc) is 3.03. The number of likely N-dealkylation sites (N-methyl/N-ethyl adjacent to an activating group) is 1. The molecule has 0 radical (unpaired) electrons. The number of ether oxygens (including phenoxy) is 2. The van der Waals surface area contributed by atoms with Crippen molar-refractivity contribution >= 4 is 23.5 Å². The van der Waals surface area contributed by atoms with Crippen LogP contribution in [0.5, 0.6) is 0 Å². The average molecular weight is 612 g/mol. The zero-order chi connectivity index (χ0) is 30.6. The lowest BCUT2D eigenvalue weighted by Crippen LogP contribution is -2.60. The fraction of sp³-hybridized carbons (Fsp3) is 0.438. The van der Waals surface area contributed by atoms with Crippen molar-refractivity contribution < 1.29 is 23.5 Å². The first-order valence-electron chi connectivity index (χ1n) is 14.6. The number of hydrazone groups is 1. The molecule has 2 aromatic rings. The summed E-state index contributed by atoms with van der Waals surface area (Å²) in [4.78, 5) is 6.25. The Morgan fingerprint density at radius 3 is 2.42 bits per heavy atom. The Morgan fingerprint density at radius 1 is 1.09 bits per heavy atom. The first-order chi connectivity index (χ1) is 20.9. The molecule has 11 heteroatoms. The second-order valence-electron chi connectivity index (χ2n) is 10.7. The molecule has 0 saturated heterocycles. The fourth-order valence-electron chi connectivity index (χ4n) is 4.88. The van der Waals surface area contributed by atoms with Crippen LogP contribution in [-0.4, -0.2) is 88.7 Å². The first-order valence-corrected chi connectivity index (χ1v) is 15.9. The molecule has 2 heterocycles. The molecule has 0 bridgehead atoms. The van der Waals surface area contributed by atoms with Gasteiger partial charge in [-0.15, -0.1) is 4.72 Å². The quantitative estimate of drug-likeness (QED) is 0.277. The Balaban J connectivity index is 1.59. The van der Waals surface area contributed by atoms with E-state index in [0.29, 0.717) is 17.3 Å². The van der Waals surface area contributed by atoms with Crippen LogP contribution in [0.3, 0.4) is 0 Å². The smallest absolute Gasteiger partial charge is 0.155 e. The summed E-state index contributed by atoms with van der Waals surface area (Å²) in [5.41, 5.74) is 2.46. The van der Waals surface area contributed by atoms with Gasteiger partial charge in [-0.25, -0.2) is 9.38 Å². The maximum atomic E-state index is 17.0. The number of aliphatic hydroxyl groups excluding tert-OH is 1. The predicted octanol–water partition coefficient (Wildman–Crippen LogP) is 3.95. The van der Waals surface area contributed by atoms with Crippen LogP contribution in [0, 0.1) is 0 Å². The number of aliphatic hydroxyl groups is 1. The lowest BCUT2D eigenvalue weighted by Gasteiger charge is -2.41. The number of aliphatic imine (C=N–C) groups is 1. The Labute approximate surface area is 257 Å². The Morgan fingerprint density at radius 2 is 1.77 bits per heavy atom. The van der Waals surface area contributed by atoms with E-state index in [1.807, 2.05) is 105 Å². The standard InChI is InChI=1S/C32H42FN5O4S/c1-4-5-19-43(40)36-30(26-17-12-18-27-32(37(2)3)34-23-35-38(26)27)29(33)31(42-21-25-15-10-7-11-16-25)28(39)22-41-20-24-13-8-6-9-14-24/h6-18,23,26,28-31,36,39H,4-5,19-22H2,1-3H3/t26?,28-,29-,30-,31+,43+/m0/s1. The van der Waals surface area contributed by atoms with E-state index in [-0.39, 0.29) is 19.8 Å². The SMILES string of the molecule is CCCC[S@@+]([O-])N[C@@H](C1C=CC=C2C(N(C)C)=NC=NN21)[C@H](F)[C@H](OCc1ccccc1)[C@@H](O)COCc1ccccc1. The van der Waals surface area contributed by atoms with Crippen molar-refractivity contribution in [2.75, 3.05) is 26.5 Å². The molecular weight excluding hydrogens is 569 g/mol. The number of rotatable bonds is 16. The number of unbranched alkanes of at least 4 members (excludes halogenated alkanes) is 1. The summed E-state index contributed by atoms with van der Waals surface area (Å²) >= 11 is -1.53. The minimum Gasteiger partial charge on any atom is -0.598 e. The Bertz CT molecular complexity index is 1250. The van der Waals surface area contributed by atoms with Gasteiger partial charge in [0.05, 0.1) is 25.9 Å². The largest absolute Gasteiger partial charge is 0.598 e. The third-order valence-corrected chi connectivity index (χ3v) is 8.34. The topological polar surface area (TPSA) is 105 Å². The van der Waals surface area contributed by atoms with Crippen molar-refractivity contribution in [3.05, 3.63) is 95.7 Å². The second kappa shape index (κ2) is 16.7. The predicted molar refractivity (Wildman–Crippen MR) is 169 cm³/mol. The molecule has 2 aliphatic rings. The highest BCUT2D eigenvalue weighted by Gasteiger charge is 2.45. The van der Waals surface area contributed by atoms with Crippen LogP contribution in [0.2, 0.25) is 0 Å². The van der Waals surface area contributed by atoms with Crippen LogP contribution in [-0.2, 0) is 34.0 Å². The van der Waals surface area contributed by atoms with Crippen molar-refractivity contribution in [3.8, 4) is 0 Å². The fourth-order valence-corrected chi connectivity index (χ4v) is 6.12. The maximum Gasteiger partial charge on any atom is 0.155 e.